The monoisotopic (exact) mass is 411 g/mol. The first-order valence-corrected chi connectivity index (χ1v) is 11.1. The Balaban J connectivity index is 1.90. The van der Waals surface area contributed by atoms with Crippen LogP contribution in [0, 0.1) is 10.8 Å². The quantitative estimate of drug-likeness (QED) is 0.291. The highest BCUT2D eigenvalue weighted by Gasteiger charge is 2.29. The number of fused-ring (bicyclic) bond motifs is 3. The number of hydrogen-bond donors (Lipinski definition) is 0. The van der Waals surface area contributed by atoms with E-state index >= 15 is 0 Å². The average Bonchev–Trinajstić information content (AvgIpc) is 2.71. The molecule has 2 heteroatoms. The zero-order chi connectivity index (χ0) is 23.7. The smallest absolute Gasteiger partial charge is 0.140 e. The number of ether oxygens (including phenoxy) is 1. The van der Waals surface area contributed by atoms with Crippen molar-refractivity contribution in [1.29, 1.82) is 0 Å². The lowest BCUT2D eigenvalue weighted by atomic mass is 9.82. The van der Waals surface area contributed by atoms with E-state index in [1.807, 2.05) is 6.07 Å². The van der Waals surface area contributed by atoms with E-state index in [1.165, 1.54) is 10.9 Å². The van der Waals surface area contributed by atoms with Gasteiger partial charge in [0.05, 0.1) is 13.8 Å². The van der Waals surface area contributed by atoms with Crippen LogP contribution < -0.4 is 4.74 Å². The summed E-state index contributed by atoms with van der Waals surface area (Å²) in [5.41, 5.74) is 4.14. The van der Waals surface area contributed by atoms with Gasteiger partial charge < -0.3 is 4.74 Å². The zero-order valence-electron chi connectivity index (χ0n) is 21.3. The minimum Gasteiger partial charge on any atom is -0.455 e. The number of benzene rings is 3. The fourth-order valence-corrected chi connectivity index (χ4v) is 4.69. The molecule has 0 bridgehead atoms. The SMILES string of the molecule is [2H]c1nc2c3c(c(CC(C)(C)C)ccc3c1[2H])Oc1c-2cc2ccccc2c1CC(C)(C)C. The van der Waals surface area contributed by atoms with Crippen LogP contribution in [0.25, 0.3) is 32.8 Å². The maximum atomic E-state index is 8.50. The molecule has 1 aliphatic heterocycles. The van der Waals surface area contributed by atoms with Gasteiger partial charge in [0, 0.05) is 17.3 Å². The van der Waals surface area contributed by atoms with Gasteiger partial charge >= 0.3 is 0 Å². The van der Waals surface area contributed by atoms with Gasteiger partial charge in [0.25, 0.3) is 0 Å². The Bertz CT molecular complexity index is 1420. The molecule has 3 aromatic carbocycles. The van der Waals surface area contributed by atoms with E-state index in [2.05, 4.69) is 82.9 Å². The zero-order valence-corrected chi connectivity index (χ0v) is 19.3. The molecule has 0 atom stereocenters. The second-order valence-corrected chi connectivity index (χ2v) is 11.2. The van der Waals surface area contributed by atoms with E-state index in [0.29, 0.717) is 0 Å². The Morgan fingerprint density at radius 1 is 0.871 bits per heavy atom. The highest BCUT2D eigenvalue weighted by atomic mass is 16.5. The van der Waals surface area contributed by atoms with Crippen molar-refractivity contribution in [2.45, 2.75) is 54.4 Å². The number of hydrogen-bond acceptors (Lipinski definition) is 2. The van der Waals surface area contributed by atoms with Gasteiger partial charge in [0.2, 0.25) is 0 Å². The molecule has 0 N–H and O–H groups in total. The Hall–Kier alpha value is -2.87. The van der Waals surface area contributed by atoms with Crippen LogP contribution in [-0.2, 0) is 12.8 Å². The van der Waals surface area contributed by atoms with E-state index in [9.17, 15) is 0 Å². The Morgan fingerprint density at radius 3 is 2.35 bits per heavy atom. The van der Waals surface area contributed by atoms with Crippen molar-refractivity contribution >= 4 is 21.5 Å². The summed E-state index contributed by atoms with van der Waals surface area (Å²) in [6, 6.07) is 14.8. The summed E-state index contributed by atoms with van der Waals surface area (Å²) in [5, 5.41) is 3.93. The first kappa shape index (κ1) is 17.8. The highest BCUT2D eigenvalue weighted by molar-refractivity contribution is 6.06. The van der Waals surface area contributed by atoms with Crippen LogP contribution >= 0.6 is 0 Å². The van der Waals surface area contributed by atoms with Crippen LogP contribution in [0.15, 0.2) is 54.7 Å². The second-order valence-electron chi connectivity index (χ2n) is 11.2. The van der Waals surface area contributed by atoms with E-state index < -0.39 is 0 Å². The molecule has 0 saturated carbocycles. The normalized spacial score (nSPS) is 14.3. The predicted octanol–water partition coefficient (Wildman–Crippen LogP) is 8.34. The predicted molar refractivity (Wildman–Crippen MR) is 131 cm³/mol. The van der Waals surface area contributed by atoms with Crippen molar-refractivity contribution < 1.29 is 7.48 Å². The molecule has 1 aromatic heterocycles. The Kier molecular flexibility index (Phi) is 3.91. The summed E-state index contributed by atoms with van der Waals surface area (Å²) in [7, 11) is 0. The standard InChI is InChI=1S/C29H31NO/c1-28(2,3)16-20-12-11-18-13-14-30-25-22-15-19-9-7-8-10-21(19)23(17-29(4,5)6)27(22)31-26(20)24(18)25/h7-15H,16-17H2,1-6H3/i13D,14D. The van der Waals surface area contributed by atoms with Crippen LogP contribution in [-0.4, -0.2) is 4.98 Å². The van der Waals surface area contributed by atoms with Gasteiger partial charge in [-0.25, -0.2) is 0 Å². The van der Waals surface area contributed by atoms with Gasteiger partial charge in [-0.1, -0.05) is 77.9 Å². The van der Waals surface area contributed by atoms with Gasteiger partial charge in [0.1, 0.15) is 11.5 Å². The fraction of sp³-hybridized carbons (Fsp3) is 0.345. The molecule has 2 heterocycles. The molecule has 1 aliphatic rings. The summed E-state index contributed by atoms with van der Waals surface area (Å²) in [6.07, 6.45) is 1.72. The van der Waals surface area contributed by atoms with E-state index in [0.717, 1.165) is 57.3 Å². The van der Waals surface area contributed by atoms with E-state index in [-0.39, 0.29) is 23.0 Å². The van der Waals surface area contributed by atoms with E-state index in [1.54, 1.807) is 0 Å². The third kappa shape index (κ3) is 3.59. The van der Waals surface area contributed by atoms with Crippen molar-refractivity contribution in [3.05, 3.63) is 65.8 Å². The lowest BCUT2D eigenvalue weighted by molar-refractivity contribution is 0.389. The largest absolute Gasteiger partial charge is 0.455 e. The lowest BCUT2D eigenvalue weighted by Gasteiger charge is -2.29. The average molecular weight is 412 g/mol. The molecule has 158 valence electrons. The molecule has 0 amide bonds. The van der Waals surface area contributed by atoms with Crippen molar-refractivity contribution in [1.82, 2.24) is 4.98 Å². The lowest BCUT2D eigenvalue weighted by Crippen LogP contribution is -2.14. The third-order valence-corrected chi connectivity index (χ3v) is 5.83. The summed E-state index contributed by atoms with van der Waals surface area (Å²) < 4.78 is 23.7. The summed E-state index contributed by atoms with van der Waals surface area (Å²) in [5.74, 6) is 1.65. The topological polar surface area (TPSA) is 22.1 Å². The molecule has 0 unspecified atom stereocenters. The molecular weight excluding hydrogens is 378 g/mol. The first-order valence-electron chi connectivity index (χ1n) is 12.1. The number of pyridine rings is 1. The molecule has 2 nitrogen and oxygen atoms in total. The summed E-state index contributed by atoms with van der Waals surface area (Å²) in [6.45, 7) is 13.4. The van der Waals surface area contributed by atoms with Crippen molar-refractivity contribution in [2.75, 3.05) is 0 Å². The van der Waals surface area contributed by atoms with Gasteiger partial charge in [-0.3, -0.25) is 4.98 Å². The highest BCUT2D eigenvalue weighted by Crippen LogP contribution is 2.51. The molecule has 0 aliphatic carbocycles. The Labute approximate surface area is 188 Å². The van der Waals surface area contributed by atoms with Crippen molar-refractivity contribution in [2.24, 2.45) is 10.8 Å². The summed E-state index contributed by atoms with van der Waals surface area (Å²) in [4.78, 5) is 4.65. The van der Waals surface area contributed by atoms with Gasteiger partial charge in [-0.2, -0.15) is 0 Å². The minimum atomic E-state index is 0.00500. The van der Waals surface area contributed by atoms with Gasteiger partial charge in [-0.15, -0.1) is 0 Å². The third-order valence-electron chi connectivity index (χ3n) is 5.83. The molecule has 0 spiro atoms. The molecule has 0 fully saturated rings. The molecule has 5 rings (SSSR count). The van der Waals surface area contributed by atoms with Crippen molar-refractivity contribution in [3.63, 3.8) is 0 Å². The van der Waals surface area contributed by atoms with Crippen LogP contribution in [0.2, 0.25) is 0 Å². The molecule has 0 saturated heterocycles. The molecule has 4 aromatic rings. The maximum Gasteiger partial charge on any atom is 0.140 e. The summed E-state index contributed by atoms with van der Waals surface area (Å²) >= 11 is 0. The molecule has 0 radical (unpaired) electrons. The minimum absolute atomic E-state index is 0.00500. The first-order chi connectivity index (χ1) is 15.4. The number of aromatic nitrogens is 1. The van der Waals surface area contributed by atoms with Gasteiger partial charge in [-0.05, 0) is 57.5 Å². The van der Waals surface area contributed by atoms with Crippen LogP contribution in [0.1, 0.15) is 55.4 Å². The van der Waals surface area contributed by atoms with Crippen LogP contribution in [0.3, 0.4) is 0 Å². The number of nitrogens with zero attached hydrogens (tertiary/aromatic N) is 1. The Morgan fingerprint density at radius 2 is 1.61 bits per heavy atom. The molecule has 31 heavy (non-hydrogen) atoms. The second kappa shape index (κ2) is 6.82. The van der Waals surface area contributed by atoms with Gasteiger partial charge in [0.15, 0.2) is 0 Å². The fourth-order valence-electron chi connectivity index (χ4n) is 4.69. The molecular formula is C29H31NO. The number of rotatable bonds is 2. The van der Waals surface area contributed by atoms with Crippen LogP contribution in [0.5, 0.6) is 11.5 Å². The van der Waals surface area contributed by atoms with E-state index in [4.69, 9.17) is 7.48 Å². The van der Waals surface area contributed by atoms with Crippen LogP contribution in [0.4, 0.5) is 0 Å². The van der Waals surface area contributed by atoms with Crippen molar-refractivity contribution in [3.8, 4) is 22.8 Å². The maximum absolute atomic E-state index is 8.50.